The van der Waals surface area contributed by atoms with Crippen molar-refractivity contribution in [1.29, 1.82) is 5.41 Å². The first kappa shape index (κ1) is 14.7. The van der Waals surface area contributed by atoms with Crippen molar-refractivity contribution in [2.24, 2.45) is 5.73 Å². The second-order valence-electron chi connectivity index (χ2n) is 5.15. The van der Waals surface area contributed by atoms with Crippen molar-refractivity contribution in [1.82, 2.24) is 0 Å². The Balaban J connectivity index is 2.41. The van der Waals surface area contributed by atoms with Crippen LogP contribution in [0.5, 0.6) is 5.75 Å². The van der Waals surface area contributed by atoms with E-state index in [1.807, 2.05) is 18.2 Å². The van der Waals surface area contributed by atoms with Gasteiger partial charge in [-0.05, 0) is 25.0 Å². The van der Waals surface area contributed by atoms with Crippen LogP contribution in [0.2, 0.25) is 0 Å². The summed E-state index contributed by atoms with van der Waals surface area (Å²) in [6.45, 7) is 0.642. The van der Waals surface area contributed by atoms with E-state index in [0.29, 0.717) is 18.2 Å². The average Bonchev–Trinajstić information content (AvgIpc) is 2.97. The third kappa shape index (κ3) is 3.04. The molecule has 1 aromatic rings. The number of methoxy groups -OCH3 is 1. The Bertz CT molecular complexity index is 470. The van der Waals surface area contributed by atoms with Crippen LogP contribution in [-0.2, 0) is 0 Å². The summed E-state index contributed by atoms with van der Waals surface area (Å²) >= 11 is 0. The minimum Gasteiger partial charge on any atom is -0.497 e. The number of amidine groups is 1. The zero-order chi connectivity index (χ0) is 14.5. The summed E-state index contributed by atoms with van der Waals surface area (Å²) in [6.07, 6.45) is 4.67. The van der Waals surface area contributed by atoms with E-state index >= 15 is 0 Å². The monoisotopic (exact) mass is 277 g/mol. The van der Waals surface area contributed by atoms with E-state index in [-0.39, 0.29) is 12.4 Å². The highest BCUT2D eigenvalue weighted by Crippen LogP contribution is 2.32. The van der Waals surface area contributed by atoms with Crippen LogP contribution in [0.3, 0.4) is 0 Å². The summed E-state index contributed by atoms with van der Waals surface area (Å²) in [5.74, 6) is 0.787. The fourth-order valence-electron chi connectivity index (χ4n) is 2.93. The molecule has 0 heterocycles. The van der Waals surface area contributed by atoms with Crippen LogP contribution in [-0.4, -0.2) is 37.2 Å². The van der Waals surface area contributed by atoms with Gasteiger partial charge in [-0.15, -0.1) is 0 Å². The summed E-state index contributed by atoms with van der Waals surface area (Å²) < 4.78 is 5.28. The molecule has 0 saturated heterocycles. The number of nitrogens with one attached hydrogen (secondary N) is 1. The Morgan fingerprint density at radius 3 is 2.70 bits per heavy atom. The topological polar surface area (TPSA) is 82.6 Å². The first-order valence-electron chi connectivity index (χ1n) is 7.07. The molecule has 2 rings (SSSR count). The fraction of sp³-hybridized carbons (Fsp3) is 0.533. The van der Waals surface area contributed by atoms with Gasteiger partial charge in [0.25, 0.3) is 0 Å². The zero-order valence-electron chi connectivity index (χ0n) is 11.9. The molecule has 1 saturated carbocycles. The third-order valence-corrected chi connectivity index (χ3v) is 3.91. The fourth-order valence-corrected chi connectivity index (χ4v) is 2.93. The quantitative estimate of drug-likeness (QED) is 0.546. The van der Waals surface area contributed by atoms with Crippen LogP contribution < -0.4 is 15.4 Å². The normalized spacial score (nSPS) is 15.3. The lowest BCUT2D eigenvalue weighted by atomic mass is 10.1. The van der Waals surface area contributed by atoms with Crippen LogP contribution in [0.1, 0.15) is 31.2 Å². The van der Waals surface area contributed by atoms with Crippen molar-refractivity contribution in [3.8, 4) is 5.75 Å². The second kappa shape index (κ2) is 6.61. The van der Waals surface area contributed by atoms with Gasteiger partial charge in [-0.2, -0.15) is 0 Å². The highest BCUT2D eigenvalue weighted by atomic mass is 16.5. The lowest BCUT2D eigenvalue weighted by Crippen LogP contribution is -2.37. The number of aliphatic hydroxyl groups excluding tert-OH is 1. The lowest BCUT2D eigenvalue weighted by molar-refractivity contribution is 0.297. The van der Waals surface area contributed by atoms with Crippen molar-refractivity contribution in [3.63, 3.8) is 0 Å². The molecular formula is C15H23N3O2. The van der Waals surface area contributed by atoms with Crippen molar-refractivity contribution in [2.75, 3.05) is 25.2 Å². The minimum absolute atomic E-state index is 0.0450. The van der Waals surface area contributed by atoms with Gasteiger partial charge in [0, 0.05) is 24.2 Å². The molecule has 5 heteroatoms. The van der Waals surface area contributed by atoms with E-state index < -0.39 is 0 Å². The maximum absolute atomic E-state index is 9.36. The van der Waals surface area contributed by atoms with Crippen molar-refractivity contribution in [2.45, 2.75) is 31.7 Å². The predicted octanol–water partition coefficient (Wildman–Crippen LogP) is 1.72. The van der Waals surface area contributed by atoms with Crippen LogP contribution >= 0.6 is 0 Å². The molecule has 1 aliphatic carbocycles. The third-order valence-electron chi connectivity index (χ3n) is 3.91. The van der Waals surface area contributed by atoms with Gasteiger partial charge in [0.15, 0.2) is 0 Å². The van der Waals surface area contributed by atoms with Crippen molar-refractivity contribution < 1.29 is 9.84 Å². The summed E-state index contributed by atoms with van der Waals surface area (Å²) in [5.41, 5.74) is 7.28. The number of anilines is 1. The van der Waals surface area contributed by atoms with Crippen LogP contribution in [0, 0.1) is 5.41 Å². The summed E-state index contributed by atoms with van der Waals surface area (Å²) in [5, 5.41) is 17.1. The van der Waals surface area contributed by atoms with Gasteiger partial charge in [0.05, 0.1) is 19.4 Å². The molecular weight excluding hydrogens is 254 g/mol. The highest BCUT2D eigenvalue weighted by molar-refractivity contribution is 6.00. The van der Waals surface area contributed by atoms with Gasteiger partial charge in [-0.3, -0.25) is 5.41 Å². The molecule has 0 amide bonds. The molecule has 1 aromatic carbocycles. The summed E-state index contributed by atoms with van der Waals surface area (Å²) in [6, 6.07) is 5.94. The number of nitrogen functional groups attached to an aromatic ring is 1. The number of aliphatic hydroxyl groups is 1. The average molecular weight is 277 g/mol. The van der Waals surface area contributed by atoms with Gasteiger partial charge in [0.1, 0.15) is 11.6 Å². The number of nitrogens with zero attached hydrogens (tertiary/aromatic N) is 1. The first-order chi connectivity index (χ1) is 9.67. The molecule has 110 valence electrons. The maximum atomic E-state index is 9.36. The predicted molar refractivity (Wildman–Crippen MR) is 80.7 cm³/mol. The largest absolute Gasteiger partial charge is 0.497 e. The van der Waals surface area contributed by atoms with Crippen LogP contribution in [0.4, 0.5) is 5.69 Å². The number of benzene rings is 1. The molecule has 4 N–H and O–H groups in total. The summed E-state index contributed by atoms with van der Waals surface area (Å²) in [4.78, 5) is 2.17. The second-order valence-corrected chi connectivity index (χ2v) is 5.15. The molecule has 5 nitrogen and oxygen atoms in total. The molecule has 1 fully saturated rings. The van der Waals surface area contributed by atoms with E-state index in [0.717, 1.165) is 24.3 Å². The maximum Gasteiger partial charge on any atom is 0.124 e. The van der Waals surface area contributed by atoms with E-state index in [1.165, 1.54) is 12.8 Å². The molecule has 0 aromatic heterocycles. The van der Waals surface area contributed by atoms with Gasteiger partial charge in [-0.1, -0.05) is 12.8 Å². The molecule has 0 spiro atoms. The van der Waals surface area contributed by atoms with Gasteiger partial charge in [0.2, 0.25) is 0 Å². The number of nitrogens with two attached hydrogens (primary N) is 1. The molecule has 20 heavy (non-hydrogen) atoms. The van der Waals surface area contributed by atoms with Gasteiger partial charge in [-0.25, -0.2) is 0 Å². The highest BCUT2D eigenvalue weighted by Gasteiger charge is 2.25. The first-order valence-corrected chi connectivity index (χ1v) is 7.07. The molecule has 0 radical (unpaired) electrons. The SMILES string of the molecule is COc1ccc(C(=N)N)c(N(CCO)C2CCCC2)c1. The molecule has 0 unspecified atom stereocenters. The lowest BCUT2D eigenvalue weighted by Gasteiger charge is -2.32. The van der Waals surface area contributed by atoms with Crippen molar-refractivity contribution >= 4 is 11.5 Å². The van der Waals surface area contributed by atoms with E-state index in [4.69, 9.17) is 15.9 Å². The molecule has 0 atom stereocenters. The smallest absolute Gasteiger partial charge is 0.124 e. The van der Waals surface area contributed by atoms with E-state index in [1.54, 1.807) is 7.11 Å². The molecule has 1 aliphatic rings. The standard InChI is InChI=1S/C15H23N3O2/c1-20-12-6-7-13(15(16)17)14(10-12)18(8-9-19)11-4-2-3-5-11/h6-7,10-11,19H,2-5,8-9H2,1H3,(H3,16,17). The number of rotatable bonds is 6. The Morgan fingerprint density at radius 1 is 1.45 bits per heavy atom. The van der Waals surface area contributed by atoms with Crippen LogP contribution in [0.25, 0.3) is 0 Å². The summed E-state index contributed by atoms with van der Waals surface area (Å²) in [7, 11) is 1.62. The number of ether oxygens (including phenoxy) is 1. The number of hydrogen-bond acceptors (Lipinski definition) is 4. The Morgan fingerprint density at radius 2 is 2.15 bits per heavy atom. The van der Waals surface area contributed by atoms with Crippen LogP contribution in [0.15, 0.2) is 18.2 Å². The van der Waals surface area contributed by atoms with E-state index in [9.17, 15) is 5.11 Å². The van der Waals surface area contributed by atoms with Gasteiger partial charge < -0.3 is 20.5 Å². The Labute approximate surface area is 119 Å². The van der Waals surface area contributed by atoms with Crippen molar-refractivity contribution in [3.05, 3.63) is 23.8 Å². The Kier molecular flexibility index (Phi) is 4.84. The zero-order valence-corrected chi connectivity index (χ0v) is 11.9. The Hall–Kier alpha value is -1.75. The minimum atomic E-state index is 0.0450. The van der Waals surface area contributed by atoms with Gasteiger partial charge >= 0.3 is 0 Å². The number of hydrogen-bond donors (Lipinski definition) is 3. The molecule has 0 bridgehead atoms. The van der Waals surface area contributed by atoms with E-state index in [2.05, 4.69) is 4.90 Å². The molecule has 0 aliphatic heterocycles.